The number of piperazine rings is 1. The van der Waals surface area contributed by atoms with Crippen molar-refractivity contribution in [3.8, 4) is 11.5 Å². The van der Waals surface area contributed by atoms with Gasteiger partial charge < -0.3 is 19.7 Å². The number of nitrogens with one attached hydrogen (secondary N) is 1. The zero-order valence-corrected chi connectivity index (χ0v) is 19.0. The van der Waals surface area contributed by atoms with Crippen LogP contribution in [0.1, 0.15) is 52.0 Å². The molecule has 1 aromatic carbocycles. The molecular weight excluding hydrogens is 394 g/mol. The molecule has 170 valence electrons. The first-order valence-electron chi connectivity index (χ1n) is 11.7. The maximum atomic E-state index is 13.3. The van der Waals surface area contributed by atoms with Gasteiger partial charge in [-0.3, -0.25) is 14.5 Å². The lowest BCUT2D eigenvalue weighted by Crippen LogP contribution is -2.73. The van der Waals surface area contributed by atoms with Crippen LogP contribution < -0.4 is 14.8 Å². The molecule has 0 aliphatic carbocycles. The number of ether oxygens (including phenoxy) is 2. The Morgan fingerprint density at radius 2 is 1.84 bits per heavy atom. The zero-order valence-electron chi connectivity index (χ0n) is 19.0. The van der Waals surface area contributed by atoms with Crippen LogP contribution in [0.25, 0.3) is 0 Å². The second-order valence-corrected chi connectivity index (χ2v) is 9.43. The van der Waals surface area contributed by atoms with Gasteiger partial charge in [-0.05, 0) is 49.3 Å². The molecule has 3 aliphatic heterocycles. The van der Waals surface area contributed by atoms with E-state index in [1.54, 1.807) is 0 Å². The number of carbonyl (C=O) groups is 2. The molecule has 1 N–H and O–H groups in total. The Balaban J connectivity index is 1.44. The number of hydrogen-bond acceptors (Lipinski definition) is 5. The molecule has 31 heavy (non-hydrogen) atoms. The van der Waals surface area contributed by atoms with E-state index in [-0.39, 0.29) is 17.9 Å². The van der Waals surface area contributed by atoms with E-state index in [1.165, 1.54) is 5.56 Å². The predicted molar refractivity (Wildman–Crippen MR) is 118 cm³/mol. The highest BCUT2D eigenvalue weighted by atomic mass is 16.6. The van der Waals surface area contributed by atoms with Crippen molar-refractivity contribution >= 4 is 11.8 Å². The Morgan fingerprint density at radius 3 is 2.52 bits per heavy atom. The van der Waals surface area contributed by atoms with Crippen molar-refractivity contribution in [3.63, 3.8) is 0 Å². The van der Waals surface area contributed by atoms with Crippen molar-refractivity contribution in [2.24, 2.45) is 5.92 Å². The van der Waals surface area contributed by atoms with Gasteiger partial charge in [-0.25, -0.2) is 0 Å². The highest BCUT2D eigenvalue weighted by Crippen LogP contribution is 2.35. The van der Waals surface area contributed by atoms with Crippen LogP contribution in [0.3, 0.4) is 0 Å². The monoisotopic (exact) mass is 429 g/mol. The number of likely N-dealkylation sites (tertiary alicyclic amines) is 1. The normalized spacial score (nSPS) is 23.4. The molecule has 0 radical (unpaired) electrons. The van der Waals surface area contributed by atoms with E-state index in [2.05, 4.69) is 43.1 Å². The van der Waals surface area contributed by atoms with Crippen LogP contribution in [0.4, 0.5) is 0 Å². The van der Waals surface area contributed by atoms with E-state index in [0.717, 1.165) is 37.6 Å². The molecule has 1 atom stereocenters. The smallest absolute Gasteiger partial charge is 0.246 e. The molecule has 2 fully saturated rings. The van der Waals surface area contributed by atoms with Crippen molar-refractivity contribution in [2.45, 2.75) is 64.6 Å². The molecule has 0 saturated carbocycles. The minimum absolute atomic E-state index is 0.0326. The van der Waals surface area contributed by atoms with E-state index in [4.69, 9.17) is 9.47 Å². The first kappa shape index (κ1) is 21.9. The third-order valence-corrected chi connectivity index (χ3v) is 6.66. The van der Waals surface area contributed by atoms with Gasteiger partial charge in [0.05, 0.1) is 0 Å². The summed E-state index contributed by atoms with van der Waals surface area (Å²) in [5, 5.41) is 3.07. The van der Waals surface area contributed by atoms with Crippen molar-refractivity contribution in [3.05, 3.63) is 23.8 Å². The molecule has 3 heterocycles. The number of rotatable bonds is 6. The van der Waals surface area contributed by atoms with E-state index < -0.39 is 5.54 Å². The van der Waals surface area contributed by atoms with Crippen molar-refractivity contribution in [2.75, 3.05) is 32.8 Å². The summed E-state index contributed by atoms with van der Waals surface area (Å²) in [6, 6.07) is 5.71. The molecule has 4 rings (SSSR count). The SMILES string of the molecule is CCCN1C(=O)C(CC(C)C)NC(=O)C12CCN(Cc1ccc3c(c1)OCCO3)CC2. The van der Waals surface area contributed by atoms with Gasteiger partial charge in [0.25, 0.3) is 0 Å². The molecule has 2 saturated heterocycles. The van der Waals surface area contributed by atoms with Gasteiger partial charge in [0.1, 0.15) is 24.8 Å². The second-order valence-electron chi connectivity index (χ2n) is 9.43. The third kappa shape index (κ3) is 4.38. The molecule has 7 heteroatoms. The lowest BCUT2D eigenvalue weighted by molar-refractivity contribution is -0.161. The lowest BCUT2D eigenvalue weighted by atomic mass is 9.80. The minimum Gasteiger partial charge on any atom is -0.486 e. The first-order valence-corrected chi connectivity index (χ1v) is 11.7. The number of nitrogens with zero attached hydrogens (tertiary/aromatic N) is 2. The minimum atomic E-state index is -0.704. The fourth-order valence-corrected chi connectivity index (χ4v) is 5.08. The topological polar surface area (TPSA) is 71.1 Å². The second kappa shape index (κ2) is 9.07. The van der Waals surface area contributed by atoms with E-state index >= 15 is 0 Å². The van der Waals surface area contributed by atoms with Crippen LogP contribution in [0.15, 0.2) is 18.2 Å². The van der Waals surface area contributed by atoms with Crippen LogP contribution in [0, 0.1) is 5.92 Å². The maximum absolute atomic E-state index is 13.3. The summed E-state index contributed by atoms with van der Waals surface area (Å²) >= 11 is 0. The Morgan fingerprint density at radius 1 is 1.13 bits per heavy atom. The molecule has 1 aromatic rings. The number of benzene rings is 1. The average molecular weight is 430 g/mol. The van der Waals surface area contributed by atoms with Gasteiger partial charge in [-0.2, -0.15) is 0 Å². The van der Waals surface area contributed by atoms with Gasteiger partial charge in [-0.15, -0.1) is 0 Å². The fourth-order valence-electron chi connectivity index (χ4n) is 5.08. The number of piperidine rings is 1. The van der Waals surface area contributed by atoms with Gasteiger partial charge >= 0.3 is 0 Å². The van der Waals surface area contributed by atoms with Crippen molar-refractivity contribution < 1.29 is 19.1 Å². The Hall–Kier alpha value is -2.28. The van der Waals surface area contributed by atoms with Crippen LogP contribution in [-0.4, -0.2) is 66.0 Å². The summed E-state index contributed by atoms with van der Waals surface area (Å²) in [7, 11) is 0. The van der Waals surface area contributed by atoms with Crippen LogP contribution >= 0.6 is 0 Å². The van der Waals surface area contributed by atoms with Gasteiger partial charge in [-0.1, -0.05) is 26.8 Å². The number of amides is 2. The molecular formula is C24H35N3O4. The number of carbonyl (C=O) groups excluding carboxylic acids is 2. The standard InChI is InChI=1S/C24H35N3O4/c1-4-9-27-22(28)19(14-17(2)3)25-23(29)24(27)7-10-26(11-8-24)16-18-5-6-20-21(15-18)31-13-12-30-20/h5-6,15,17,19H,4,7-14,16H2,1-3H3,(H,25,29). The molecule has 0 aromatic heterocycles. The number of fused-ring (bicyclic) bond motifs is 1. The van der Waals surface area contributed by atoms with Crippen LogP contribution in [-0.2, 0) is 16.1 Å². The first-order chi connectivity index (χ1) is 14.9. The van der Waals surface area contributed by atoms with Gasteiger partial charge in [0, 0.05) is 26.2 Å². The molecule has 2 amide bonds. The summed E-state index contributed by atoms with van der Waals surface area (Å²) in [4.78, 5) is 30.8. The quantitative estimate of drug-likeness (QED) is 0.753. The van der Waals surface area contributed by atoms with Gasteiger partial charge in [0.2, 0.25) is 11.8 Å². The summed E-state index contributed by atoms with van der Waals surface area (Å²) in [6.45, 7) is 10.4. The lowest BCUT2D eigenvalue weighted by Gasteiger charge is -2.52. The van der Waals surface area contributed by atoms with E-state index in [9.17, 15) is 9.59 Å². The van der Waals surface area contributed by atoms with Crippen LogP contribution in [0.2, 0.25) is 0 Å². The average Bonchev–Trinajstić information content (AvgIpc) is 2.76. The maximum Gasteiger partial charge on any atom is 0.246 e. The van der Waals surface area contributed by atoms with Crippen LogP contribution in [0.5, 0.6) is 11.5 Å². The largest absolute Gasteiger partial charge is 0.486 e. The van der Waals surface area contributed by atoms with Crippen molar-refractivity contribution in [1.29, 1.82) is 0 Å². The molecule has 3 aliphatic rings. The summed E-state index contributed by atoms with van der Waals surface area (Å²) in [6.07, 6.45) is 2.89. The highest BCUT2D eigenvalue weighted by molar-refractivity contribution is 6.00. The Labute approximate surface area is 185 Å². The number of hydrogen-bond donors (Lipinski definition) is 1. The predicted octanol–water partition coefficient (Wildman–Crippen LogP) is 2.58. The Kier molecular flexibility index (Phi) is 6.42. The zero-order chi connectivity index (χ0) is 22.0. The third-order valence-electron chi connectivity index (χ3n) is 6.66. The van der Waals surface area contributed by atoms with E-state index in [1.807, 2.05) is 11.0 Å². The highest BCUT2D eigenvalue weighted by Gasteiger charge is 2.53. The molecule has 1 unspecified atom stereocenters. The van der Waals surface area contributed by atoms with Crippen molar-refractivity contribution in [1.82, 2.24) is 15.1 Å². The summed E-state index contributed by atoms with van der Waals surface area (Å²) in [5.41, 5.74) is 0.468. The summed E-state index contributed by atoms with van der Waals surface area (Å²) < 4.78 is 11.3. The fraction of sp³-hybridized carbons (Fsp3) is 0.667. The summed E-state index contributed by atoms with van der Waals surface area (Å²) in [5.74, 6) is 2.09. The Bertz CT molecular complexity index is 817. The van der Waals surface area contributed by atoms with Gasteiger partial charge in [0.15, 0.2) is 11.5 Å². The van der Waals surface area contributed by atoms with E-state index in [0.29, 0.717) is 44.9 Å². The molecule has 1 spiro atoms. The molecule has 0 bridgehead atoms. The molecule has 7 nitrogen and oxygen atoms in total.